The van der Waals surface area contributed by atoms with Crippen LogP contribution in [0.1, 0.15) is 21.5 Å². The first kappa shape index (κ1) is 14.0. The van der Waals surface area contributed by atoms with Crippen molar-refractivity contribution in [2.24, 2.45) is 5.73 Å². The van der Waals surface area contributed by atoms with Gasteiger partial charge in [0.25, 0.3) is 5.91 Å². The van der Waals surface area contributed by atoms with E-state index in [0.717, 1.165) is 11.1 Å². The lowest BCUT2D eigenvalue weighted by Crippen LogP contribution is -2.12. The van der Waals surface area contributed by atoms with Crippen molar-refractivity contribution in [3.63, 3.8) is 0 Å². The molecular weight excluding hydrogens is 278 g/mol. The molecule has 5 N–H and O–H groups in total. The molecule has 2 heterocycles. The Morgan fingerprint density at radius 1 is 1.18 bits per heavy atom. The Kier molecular flexibility index (Phi) is 3.06. The number of aromatic nitrogens is 1. The summed E-state index contributed by atoms with van der Waals surface area (Å²) in [6.45, 7) is 3.76. The topological polar surface area (TPSA) is 93.8 Å². The molecule has 5 heteroatoms. The molecule has 0 aliphatic rings. The molecule has 0 radical (unpaired) electrons. The maximum Gasteiger partial charge on any atom is 0.253 e. The molecule has 0 bridgehead atoms. The Hall–Kier alpha value is -2.95. The van der Waals surface area contributed by atoms with Crippen molar-refractivity contribution in [3.8, 4) is 17.0 Å². The van der Waals surface area contributed by atoms with Crippen LogP contribution < -0.4 is 11.5 Å². The van der Waals surface area contributed by atoms with Crippen LogP contribution in [-0.2, 0) is 0 Å². The van der Waals surface area contributed by atoms with E-state index in [2.05, 4.69) is 0 Å². The Labute approximate surface area is 127 Å². The third-order valence-electron chi connectivity index (χ3n) is 4.01. The number of aromatic hydroxyl groups is 1. The molecule has 1 aromatic carbocycles. The number of hydrogen-bond donors (Lipinski definition) is 3. The number of aryl methyl sites for hydroxylation is 1. The van der Waals surface area contributed by atoms with Gasteiger partial charge in [-0.05, 0) is 37.6 Å². The summed E-state index contributed by atoms with van der Waals surface area (Å²) in [5.74, 6) is -0.380. The minimum atomic E-state index is -0.567. The van der Waals surface area contributed by atoms with E-state index in [4.69, 9.17) is 11.5 Å². The van der Waals surface area contributed by atoms with Gasteiger partial charge in [0.2, 0.25) is 0 Å². The number of nitrogen functional groups attached to an aromatic ring is 1. The largest absolute Gasteiger partial charge is 0.508 e. The summed E-state index contributed by atoms with van der Waals surface area (Å²) in [6.07, 6.45) is 1.83. The van der Waals surface area contributed by atoms with E-state index in [1.165, 1.54) is 0 Å². The van der Waals surface area contributed by atoms with Gasteiger partial charge in [-0.25, -0.2) is 0 Å². The predicted molar refractivity (Wildman–Crippen MR) is 86.9 cm³/mol. The molecular formula is C17H17N3O2. The fourth-order valence-electron chi connectivity index (χ4n) is 2.94. The number of benzene rings is 1. The Balaban J connectivity index is 2.51. The average Bonchev–Trinajstić information content (AvgIpc) is 2.76. The number of carbonyl (C=O) groups excluding carboxylic acids is 1. The van der Waals surface area contributed by atoms with Crippen molar-refractivity contribution in [1.82, 2.24) is 4.40 Å². The van der Waals surface area contributed by atoms with Gasteiger partial charge < -0.3 is 21.0 Å². The van der Waals surface area contributed by atoms with E-state index in [-0.39, 0.29) is 5.75 Å². The van der Waals surface area contributed by atoms with Crippen LogP contribution in [-0.4, -0.2) is 15.4 Å². The van der Waals surface area contributed by atoms with Crippen LogP contribution in [0.25, 0.3) is 16.8 Å². The van der Waals surface area contributed by atoms with E-state index in [9.17, 15) is 9.90 Å². The molecule has 112 valence electrons. The number of anilines is 1. The number of pyridine rings is 1. The van der Waals surface area contributed by atoms with Crippen LogP contribution in [0.3, 0.4) is 0 Å². The number of carbonyl (C=O) groups is 1. The van der Waals surface area contributed by atoms with Crippen molar-refractivity contribution < 1.29 is 9.90 Å². The van der Waals surface area contributed by atoms with E-state index >= 15 is 0 Å². The molecule has 2 aromatic heterocycles. The maximum absolute atomic E-state index is 11.8. The van der Waals surface area contributed by atoms with Gasteiger partial charge in [0.05, 0.1) is 22.5 Å². The first-order valence-electron chi connectivity index (χ1n) is 6.91. The number of nitrogens with zero attached hydrogens (tertiary/aromatic N) is 1. The van der Waals surface area contributed by atoms with Crippen LogP contribution in [0, 0.1) is 13.8 Å². The highest BCUT2D eigenvalue weighted by Gasteiger charge is 2.23. The molecule has 0 atom stereocenters. The summed E-state index contributed by atoms with van der Waals surface area (Å²) < 4.78 is 1.84. The lowest BCUT2D eigenvalue weighted by molar-refractivity contribution is 0.100. The van der Waals surface area contributed by atoms with E-state index in [1.54, 1.807) is 12.1 Å². The third kappa shape index (κ3) is 1.83. The first-order chi connectivity index (χ1) is 10.4. The second-order valence-corrected chi connectivity index (χ2v) is 5.36. The van der Waals surface area contributed by atoms with Gasteiger partial charge in [-0.1, -0.05) is 12.1 Å². The number of hydrogen-bond acceptors (Lipinski definition) is 3. The molecule has 0 fully saturated rings. The minimum Gasteiger partial charge on any atom is -0.508 e. The molecule has 0 spiro atoms. The van der Waals surface area contributed by atoms with Gasteiger partial charge in [0.1, 0.15) is 5.75 Å². The van der Waals surface area contributed by atoms with Crippen molar-refractivity contribution in [3.05, 3.63) is 53.2 Å². The summed E-state index contributed by atoms with van der Waals surface area (Å²) in [5, 5.41) is 10.0. The number of primary amides is 1. The normalized spacial score (nSPS) is 11.0. The Morgan fingerprint density at radius 3 is 2.59 bits per heavy atom. The second-order valence-electron chi connectivity index (χ2n) is 5.36. The van der Waals surface area contributed by atoms with E-state index < -0.39 is 5.91 Å². The van der Waals surface area contributed by atoms with Crippen LogP contribution in [0.2, 0.25) is 0 Å². The number of phenolic OH excluding ortho intramolecular Hbond substituents is 1. The van der Waals surface area contributed by atoms with Crippen LogP contribution in [0.4, 0.5) is 5.69 Å². The smallest absolute Gasteiger partial charge is 0.253 e. The number of amides is 1. The number of fused-ring (bicyclic) bond motifs is 1. The molecule has 0 aliphatic heterocycles. The number of phenols is 1. The fraction of sp³-hybridized carbons (Fsp3) is 0.118. The molecule has 1 amide bonds. The predicted octanol–water partition coefficient (Wildman–Crippen LogP) is 2.61. The van der Waals surface area contributed by atoms with Gasteiger partial charge in [0.15, 0.2) is 0 Å². The number of rotatable bonds is 2. The third-order valence-corrected chi connectivity index (χ3v) is 4.01. The zero-order valence-corrected chi connectivity index (χ0v) is 12.4. The zero-order chi connectivity index (χ0) is 16.0. The second kappa shape index (κ2) is 4.80. The lowest BCUT2D eigenvalue weighted by Gasteiger charge is -2.13. The highest BCUT2D eigenvalue weighted by atomic mass is 16.3. The van der Waals surface area contributed by atoms with Crippen molar-refractivity contribution >= 4 is 17.1 Å². The molecule has 3 rings (SSSR count). The fourth-order valence-corrected chi connectivity index (χ4v) is 2.94. The highest BCUT2D eigenvalue weighted by Crippen LogP contribution is 2.39. The lowest BCUT2D eigenvalue weighted by atomic mass is 9.98. The minimum absolute atomic E-state index is 0.187. The van der Waals surface area contributed by atoms with E-state index in [0.29, 0.717) is 28.0 Å². The summed E-state index contributed by atoms with van der Waals surface area (Å²) in [4.78, 5) is 11.8. The first-order valence-corrected chi connectivity index (χ1v) is 6.91. The molecule has 0 unspecified atom stereocenters. The standard InChI is InChI=1S/C17H17N3O2/c1-9-6-7-12(21)10(2)13(9)16-15(18)14(17(19)22)11-5-3-4-8-20(11)16/h3-8,21H,18H2,1-2H3,(H2,19,22). The van der Waals surface area contributed by atoms with Gasteiger partial charge in [-0.2, -0.15) is 0 Å². The summed E-state index contributed by atoms with van der Waals surface area (Å²) in [6, 6.07) is 8.95. The Bertz CT molecular complexity index is 910. The molecule has 0 saturated heterocycles. The van der Waals surface area contributed by atoms with Crippen LogP contribution in [0.5, 0.6) is 5.75 Å². The van der Waals surface area contributed by atoms with Gasteiger partial charge >= 0.3 is 0 Å². The monoisotopic (exact) mass is 295 g/mol. The van der Waals surface area contributed by atoms with Crippen LogP contribution in [0.15, 0.2) is 36.5 Å². The van der Waals surface area contributed by atoms with Gasteiger partial charge in [-0.15, -0.1) is 0 Å². The van der Waals surface area contributed by atoms with Crippen molar-refractivity contribution in [2.45, 2.75) is 13.8 Å². The SMILES string of the molecule is Cc1ccc(O)c(C)c1-c1c(N)c(C(N)=O)c2ccccn12. The average molecular weight is 295 g/mol. The Morgan fingerprint density at radius 2 is 1.91 bits per heavy atom. The van der Waals surface area contributed by atoms with Gasteiger partial charge in [0, 0.05) is 17.3 Å². The van der Waals surface area contributed by atoms with Crippen molar-refractivity contribution in [1.29, 1.82) is 0 Å². The molecule has 22 heavy (non-hydrogen) atoms. The maximum atomic E-state index is 11.8. The zero-order valence-electron chi connectivity index (χ0n) is 12.4. The van der Waals surface area contributed by atoms with Crippen molar-refractivity contribution in [2.75, 3.05) is 5.73 Å². The number of nitrogens with two attached hydrogens (primary N) is 2. The molecule has 0 aliphatic carbocycles. The van der Waals surface area contributed by atoms with Gasteiger partial charge in [-0.3, -0.25) is 4.79 Å². The van der Waals surface area contributed by atoms with E-state index in [1.807, 2.05) is 42.6 Å². The molecule has 0 saturated carbocycles. The summed E-state index contributed by atoms with van der Waals surface area (Å²) in [7, 11) is 0. The highest BCUT2D eigenvalue weighted by molar-refractivity contribution is 6.09. The molecule has 3 aromatic rings. The van der Waals surface area contributed by atoms with Crippen LogP contribution >= 0.6 is 0 Å². The quantitative estimate of drug-likeness (QED) is 0.678. The summed E-state index contributed by atoms with van der Waals surface area (Å²) >= 11 is 0. The summed E-state index contributed by atoms with van der Waals surface area (Å²) in [5.41, 5.74) is 16.2. The molecule has 5 nitrogen and oxygen atoms in total.